The van der Waals surface area contributed by atoms with Gasteiger partial charge in [-0.05, 0) is 47.9 Å². The predicted octanol–water partition coefficient (Wildman–Crippen LogP) is 5.92. The van der Waals surface area contributed by atoms with Gasteiger partial charge in [0, 0.05) is 44.7 Å². The summed E-state index contributed by atoms with van der Waals surface area (Å²) in [7, 11) is 0. The first kappa shape index (κ1) is 19.3. The first-order chi connectivity index (χ1) is 17.7. The van der Waals surface area contributed by atoms with E-state index in [0.29, 0.717) is 0 Å². The SMILES string of the molecule is Cc1nc2c3ccc(-c4ccc5c(c4)c4c[nH]ncc4c4nc(C)nc54)cc3c3c[nH]ncc3c2n1. The first-order valence-corrected chi connectivity index (χ1v) is 11.7. The molecule has 0 aliphatic rings. The molecule has 0 saturated carbocycles. The predicted molar refractivity (Wildman–Crippen MR) is 142 cm³/mol. The molecule has 8 aromatic rings. The lowest BCUT2D eigenvalue weighted by Gasteiger charge is -2.10. The quantitative estimate of drug-likeness (QED) is 0.291. The van der Waals surface area contributed by atoms with Gasteiger partial charge in [-0.3, -0.25) is 10.2 Å². The highest BCUT2D eigenvalue weighted by Crippen LogP contribution is 2.38. The molecular formula is C28H18N8. The van der Waals surface area contributed by atoms with Crippen molar-refractivity contribution < 1.29 is 0 Å². The standard InChI is InChI=1S/C28H18N8/c1-13-33-25-17-5-3-15(7-19(17)21-9-29-31-11-23(21)27(25)35-13)16-4-6-18-20(8-16)22-10-30-32-12-24(22)28-26(18)34-14(2)36-28/h3-12,29-30H,1-2H3. The number of benzene rings is 4. The number of rotatable bonds is 1. The van der Waals surface area contributed by atoms with Crippen LogP contribution in [0.1, 0.15) is 11.6 Å². The average molecular weight is 467 g/mol. The van der Waals surface area contributed by atoms with Crippen molar-refractivity contribution in [1.29, 1.82) is 0 Å². The minimum Gasteiger partial charge on any atom is -0.285 e. The second-order valence-electron chi connectivity index (χ2n) is 9.17. The second-order valence-corrected chi connectivity index (χ2v) is 9.17. The molecule has 0 spiro atoms. The Balaban J connectivity index is 1.45. The fourth-order valence-electron chi connectivity index (χ4n) is 5.49. The molecule has 8 nitrogen and oxygen atoms in total. The van der Waals surface area contributed by atoms with Crippen LogP contribution in [0.3, 0.4) is 0 Å². The number of nitrogens with one attached hydrogen (secondary N) is 2. The van der Waals surface area contributed by atoms with Crippen molar-refractivity contribution >= 4 is 65.2 Å². The fraction of sp³-hybridized carbons (Fsp3) is 0.0714. The van der Waals surface area contributed by atoms with E-state index in [9.17, 15) is 0 Å². The van der Waals surface area contributed by atoms with Crippen LogP contribution in [0.5, 0.6) is 0 Å². The van der Waals surface area contributed by atoms with Crippen LogP contribution in [0.15, 0.2) is 61.2 Å². The molecule has 0 unspecified atom stereocenters. The molecule has 4 aromatic heterocycles. The second kappa shape index (κ2) is 6.79. The third-order valence-electron chi connectivity index (χ3n) is 7.05. The lowest BCUT2D eigenvalue weighted by molar-refractivity contribution is 1.05. The number of aryl methyl sites for hydroxylation is 2. The van der Waals surface area contributed by atoms with E-state index in [4.69, 9.17) is 9.97 Å². The summed E-state index contributed by atoms with van der Waals surface area (Å²) in [5, 5.41) is 23.0. The fourth-order valence-corrected chi connectivity index (χ4v) is 5.49. The lowest BCUT2D eigenvalue weighted by atomic mass is 9.94. The number of aromatic amines is 2. The zero-order valence-corrected chi connectivity index (χ0v) is 19.5. The smallest absolute Gasteiger partial charge is 0.126 e. The summed E-state index contributed by atoms with van der Waals surface area (Å²) in [5.74, 6) is 1.53. The number of imidazole rings is 2. The molecule has 36 heavy (non-hydrogen) atoms. The van der Waals surface area contributed by atoms with Gasteiger partial charge in [0.15, 0.2) is 0 Å². The molecule has 0 bridgehead atoms. The number of H-pyrrole nitrogens is 2. The highest BCUT2D eigenvalue weighted by atomic mass is 15.1. The van der Waals surface area contributed by atoms with Gasteiger partial charge in [-0.15, -0.1) is 0 Å². The Bertz CT molecular complexity index is 2030. The molecule has 2 N–H and O–H groups in total. The lowest BCUT2D eigenvalue weighted by Crippen LogP contribution is -1.89. The number of hydrogen-bond acceptors (Lipinski definition) is 6. The van der Waals surface area contributed by atoms with E-state index in [1.165, 1.54) is 0 Å². The molecule has 0 fully saturated rings. The van der Waals surface area contributed by atoms with Crippen LogP contribution in [0.2, 0.25) is 0 Å². The Morgan fingerprint density at radius 1 is 0.472 bits per heavy atom. The van der Waals surface area contributed by atoms with Crippen LogP contribution in [0.25, 0.3) is 76.3 Å². The van der Waals surface area contributed by atoms with E-state index in [-0.39, 0.29) is 0 Å². The van der Waals surface area contributed by atoms with E-state index in [2.05, 4.69) is 66.8 Å². The summed E-state index contributed by atoms with van der Waals surface area (Å²) in [5.41, 5.74) is 5.84. The molecular weight excluding hydrogens is 448 g/mol. The van der Waals surface area contributed by atoms with Crippen molar-refractivity contribution in [2.24, 2.45) is 0 Å². The van der Waals surface area contributed by atoms with Gasteiger partial charge in [-0.1, -0.05) is 24.3 Å². The summed E-state index contributed by atoms with van der Waals surface area (Å²) >= 11 is 0. The molecule has 8 heteroatoms. The maximum atomic E-state index is 4.73. The van der Waals surface area contributed by atoms with E-state index < -0.39 is 0 Å². The van der Waals surface area contributed by atoms with Crippen LogP contribution in [0, 0.1) is 13.8 Å². The zero-order chi connectivity index (χ0) is 24.0. The van der Waals surface area contributed by atoms with Crippen molar-refractivity contribution in [1.82, 2.24) is 40.3 Å². The van der Waals surface area contributed by atoms with Gasteiger partial charge in [0.05, 0.1) is 23.4 Å². The summed E-state index contributed by atoms with van der Waals surface area (Å²) < 4.78 is 0. The van der Waals surface area contributed by atoms with E-state index in [1.807, 2.05) is 38.6 Å². The zero-order valence-electron chi connectivity index (χ0n) is 19.5. The molecule has 170 valence electrons. The largest absolute Gasteiger partial charge is 0.285 e. The normalized spacial score (nSPS) is 12.2. The van der Waals surface area contributed by atoms with Gasteiger partial charge in [-0.25, -0.2) is 19.9 Å². The van der Waals surface area contributed by atoms with Crippen LogP contribution in [-0.2, 0) is 0 Å². The van der Waals surface area contributed by atoms with Crippen molar-refractivity contribution in [3.63, 3.8) is 0 Å². The first-order valence-electron chi connectivity index (χ1n) is 11.7. The summed E-state index contributed by atoms with van der Waals surface area (Å²) in [6.45, 7) is 3.85. The van der Waals surface area contributed by atoms with Crippen LogP contribution in [0.4, 0.5) is 0 Å². The van der Waals surface area contributed by atoms with Gasteiger partial charge in [0.2, 0.25) is 0 Å². The molecule has 4 aromatic carbocycles. The molecule has 0 aliphatic carbocycles. The van der Waals surface area contributed by atoms with Crippen molar-refractivity contribution in [2.45, 2.75) is 13.8 Å². The highest BCUT2D eigenvalue weighted by molar-refractivity contribution is 6.25. The number of nitrogens with zero attached hydrogens (tertiary/aromatic N) is 6. The number of fused-ring (bicyclic) bond motifs is 12. The molecule has 0 radical (unpaired) electrons. The van der Waals surface area contributed by atoms with Gasteiger partial charge in [0.25, 0.3) is 0 Å². The third kappa shape index (κ3) is 2.52. The Morgan fingerprint density at radius 3 is 1.33 bits per heavy atom. The third-order valence-corrected chi connectivity index (χ3v) is 7.05. The van der Waals surface area contributed by atoms with Crippen LogP contribution in [-0.4, -0.2) is 40.3 Å². The van der Waals surface area contributed by atoms with Crippen molar-refractivity contribution in [2.75, 3.05) is 0 Å². The topological polar surface area (TPSA) is 109 Å². The van der Waals surface area contributed by atoms with Gasteiger partial charge in [0.1, 0.15) is 22.7 Å². The Kier molecular flexibility index (Phi) is 3.65. The van der Waals surface area contributed by atoms with E-state index in [1.54, 1.807) is 0 Å². The van der Waals surface area contributed by atoms with Gasteiger partial charge >= 0.3 is 0 Å². The van der Waals surface area contributed by atoms with E-state index >= 15 is 0 Å². The summed E-state index contributed by atoms with van der Waals surface area (Å²) in [4.78, 5) is 18.8. The highest BCUT2D eigenvalue weighted by Gasteiger charge is 2.16. The monoisotopic (exact) mass is 466 g/mol. The Hall–Kier alpha value is -4.98. The van der Waals surface area contributed by atoms with Crippen molar-refractivity contribution in [3.05, 3.63) is 72.8 Å². The summed E-state index contributed by atoms with van der Waals surface area (Å²) in [6, 6.07) is 13.1. The van der Waals surface area contributed by atoms with Gasteiger partial charge < -0.3 is 0 Å². The van der Waals surface area contributed by atoms with Crippen molar-refractivity contribution in [3.8, 4) is 11.1 Å². The minimum atomic E-state index is 0.764. The van der Waals surface area contributed by atoms with Gasteiger partial charge in [-0.2, -0.15) is 10.2 Å². The Morgan fingerprint density at radius 2 is 0.889 bits per heavy atom. The average Bonchev–Trinajstić information content (AvgIpc) is 3.51. The van der Waals surface area contributed by atoms with E-state index in [0.717, 1.165) is 87.9 Å². The minimum absolute atomic E-state index is 0.764. The molecule has 8 rings (SSSR count). The molecule has 4 heterocycles. The van der Waals surface area contributed by atoms with Crippen LogP contribution < -0.4 is 0 Å². The maximum Gasteiger partial charge on any atom is 0.126 e. The molecule has 0 atom stereocenters. The summed E-state index contributed by atoms with van der Waals surface area (Å²) in [6.07, 6.45) is 7.54. The Labute approximate surface area is 203 Å². The molecule has 0 amide bonds. The van der Waals surface area contributed by atoms with Crippen LogP contribution >= 0.6 is 0 Å². The number of aromatic nitrogens is 8. The maximum absolute atomic E-state index is 4.73. The molecule has 0 saturated heterocycles. The number of hydrogen-bond donors (Lipinski definition) is 2. The molecule has 0 aliphatic heterocycles.